The van der Waals surface area contributed by atoms with Gasteiger partial charge >= 0.3 is 0 Å². The molecule has 0 saturated carbocycles. The summed E-state index contributed by atoms with van der Waals surface area (Å²) in [6, 6.07) is 6.10. The highest BCUT2D eigenvalue weighted by Gasteiger charge is 2.23. The van der Waals surface area contributed by atoms with E-state index < -0.39 is 6.10 Å². The minimum atomic E-state index is -0.409. The van der Waals surface area contributed by atoms with Crippen LogP contribution in [0.5, 0.6) is 5.75 Å². The van der Waals surface area contributed by atoms with Crippen LogP contribution in [0.2, 0.25) is 0 Å². The minimum Gasteiger partial charge on any atom is -0.481 e. The lowest BCUT2D eigenvalue weighted by molar-refractivity contribution is -0.137. The van der Waals surface area contributed by atoms with Gasteiger partial charge in [-0.25, -0.2) is 0 Å². The molecule has 0 bridgehead atoms. The second-order valence-corrected chi connectivity index (χ2v) is 5.77. The fraction of sp³-hybridized carbons (Fsp3) is 0.588. The Morgan fingerprint density at radius 1 is 1.15 bits per heavy atom. The van der Waals surface area contributed by atoms with Crippen LogP contribution in [0, 0.1) is 13.8 Å². The number of carbonyl (C=O) groups excluding carboxylic acids is 1. The van der Waals surface area contributed by atoms with E-state index in [-0.39, 0.29) is 5.91 Å². The second kappa shape index (κ2) is 6.78. The molecular formula is C17H25NO2. The highest BCUT2D eigenvalue weighted by atomic mass is 16.5. The number of amides is 1. The molecule has 1 saturated heterocycles. The summed E-state index contributed by atoms with van der Waals surface area (Å²) in [6.07, 6.45) is 4.28. The molecule has 3 nitrogen and oxygen atoms in total. The summed E-state index contributed by atoms with van der Waals surface area (Å²) in [5.74, 6) is 0.938. The molecule has 1 atom stereocenters. The Balaban J connectivity index is 2.01. The quantitative estimate of drug-likeness (QED) is 0.845. The molecule has 0 unspecified atom stereocenters. The lowest BCUT2D eigenvalue weighted by Gasteiger charge is -2.25. The van der Waals surface area contributed by atoms with Gasteiger partial charge in [-0.3, -0.25) is 4.79 Å². The van der Waals surface area contributed by atoms with Gasteiger partial charge in [0.1, 0.15) is 5.75 Å². The van der Waals surface area contributed by atoms with Crippen molar-refractivity contribution in [2.75, 3.05) is 13.1 Å². The normalized spacial score (nSPS) is 17.4. The zero-order valence-corrected chi connectivity index (χ0v) is 12.8. The van der Waals surface area contributed by atoms with Crippen molar-refractivity contribution in [3.05, 3.63) is 29.3 Å². The Bertz CT molecular complexity index is 462. The van der Waals surface area contributed by atoms with Gasteiger partial charge in [0.05, 0.1) is 0 Å². The summed E-state index contributed by atoms with van der Waals surface area (Å²) in [4.78, 5) is 14.4. The Morgan fingerprint density at radius 2 is 1.80 bits per heavy atom. The van der Waals surface area contributed by atoms with Crippen LogP contribution in [-0.4, -0.2) is 30.0 Å². The van der Waals surface area contributed by atoms with E-state index in [1.54, 1.807) is 0 Å². The van der Waals surface area contributed by atoms with Crippen molar-refractivity contribution in [1.29, 1.82) is 0 Å². The first-order valence-electron chi connectivity index (χ1n) is 7.60. The van der Waals surface area contributed by atoms with Gasteiger partial charge in [0.2, 0.25) is 0 Å². The van der Waals surface area contributed by atoms with Gasteiger partial charge in [0, 0.05) is 13.1 Å². The molecule has 1 aromatic rings. The average Bonchev–Trinajstić information content (AvgIpc) is 2.71. The molecule has 1 aromatic carbocycles. The molecule has 0 N–H and O–H groups in total. The third-order valence-electron chi connectivity index (χ3n) is 3.91. The predicted octanol–water partition coefficient (Wildman–Crippen LogP) is 3.47. The smallest absolute Gasteiger partial charge is 0.263 e. The molecule has 0 aliphatic carbocycles. The molecule has 1 aliphatic rings. The molecule has 1 amide bonds. The lowest BCUT2D eigenvalue weighted by Crippen LogP contribution is -2.41. The monoisotopic (exact) mass is 275 g/mol. The number of rotatable bonds is 3. The van der Waals surface area contributed by atoms with Crippen LogP contribution in [-0.2, 0) is 4.79 Å². The fourth-order valence-corrected chi connectivity index (χ4v) is 2.62. The maximum atomic E-state index is 12.5. The number of hydrogen-bond donors (Lipinski definition) is 0. The molecule has 0 spiro atoms. The standard InChI is InChI=1S/C17H25NO2/c1-13-8-9-14(2)16(12-13)20-15(3)17(19)18-10-6-4-5-7-11-18/h8-9,12,15H,4-7,10-11H2,1-3H3/t15-/m1/s1. The minimum absolute atomic E-state index is 0.118. The third-order valence-corrected chi connectivity index (χ3v) is 3.91. The summed E-state index contributed by atoms with van der Waals surface area (Å²) in [6.45, 7) is 7.65. The van der Waals surface area contributed by atoms with E-state index in [9.17, 15) is 4.79 Å². The van der Waals surface area contributed by atoms with Gasteiger partial charge in [0.25, 0.3) is 5.91 Å². The van der Waals surface area contributed by atoms with Gasteiger partial charge in [-0.1, -0.05) is 25.0 Å². The number of benzene rings is 1. The maximum Gasteiger partial charge on any atom is 0.263 e. The molecule has 110 valence electrons. The van der Waals surface area contributed by atoms with Crippen molar-refractivity contribution in [1.82, 2.24) is 4.90 Å². The Morgan fingerprint density at radius 3 is 2.45 bits per heavy atom. The summed E-state index contributed by atoms with van der Waals surface area (Å²) in [7, 11) is 0. The third kappa shape index (κ3) is 3.75. The highest BCUT2D eigenvalue weighted by Crippen LogP contribution is 2.21. The van der Waals surface area contributed by atoms with Crippen molar-refractivity contribution in [3.8, 4) is 5.75 Å². The summed E-state index contributed by atoms with van der Waals surface area (Å²) in [5.41, 5.74) is 2.23. The van der Waals surface area contributed by atoms with Crippen LogP contribution in [0.1, 0.15) is 43.7 Å². The SMILES string of the molecule is Cc1ccc(C)c(O[C@H](C)C(=O)N2CCCCCC2)c1. The Kier molecular flexibility index (Phi) is 5.05. The van der Waals surface area contributed by atoms with Gasteiger partial charge < -0.3 is 9.64 Å². The maximum absolute atomic E-state index is 12.5. The largest absolute Gasteiger partial charge is 0.481 e. The van der Waals surface area contributed by atoms with Crippen LogP contribution >= 0.6 is 0 Å². The van der Waals surface area contributed by atoms with E-state index >= 15 is 0 Å². The summed E-state index contributed by atoms with van der Waals surface area (Å²) >= 11 is 0. The van der Waals surface area contributed by atoms with E-state index in [0.29, 0.717) is 0 Å². The van der Waals surface area contributed by atoms with Crippen molar-refractivity contribution in [2.24, 2.45) is 0 Å². The van der Waals surface area contributed by atoms with Crippen LogP contribution in [0.25, 0.3) is 0 Å². The first-order chi connectivity index (χ1) is 9.58. The van der Waals surface area contributed by atoms with E-state index in [0.717, 1.165) is 42.8 Å². The highest BCUT2D eigenvalue weighted by molar-refractivity contribution is 5.81. The Labute approximate surface area is 121 Å². The molecule has 20 heavy (non-hydrogen) atoms. The lowest BCUT2D eigenvalue weighted by atomic mass is 10.1. The fourth-order valence-electron chi connectivity index (χ4n) is 2.62. The van der Waals surface area contributed by atoms with Crippen LogP contribution in [0.15, 0.2) is 18.2 Å². The number of ether oxygens (including phenoxy) is 1. The van der Waals surface area contributed by atoms with E-state index in [4.69, 9.17) is 4.74 Å². The van der Waals surface area contributed by atoms with Gasteiger partial charge in [-0.05, 0) is 50.8 Å². The van der Waals surface area contributed by atoms with Crippen molar-refractivity contribution in [3.63, 3.8) is 0 Å². The zero-order chi connectivity index (χ0) is 14.5. The number of aryl methyl sites for hydroxylation is 2. The summed E-state index contributed by atoms with van der Waals surface area (Å²) < 4.78 is 5.89. The molecular weight excluding hydrogens is 250 g/mol. The molecule has 1 aliphatic heterocycles. The molecule has 0 aromatic heterocycles. The predicted molar refractivity (Wildman–Crippen MR) is 81.1 cm³/mol. The number of likely N-dealkylation sites (tertiary alicyclic amines) is 1. The van der Waals surface area contributed by atoms with Gasteiger partial charge in [-0.15, -0.1) is 0 Å². The van der Waals surface area contributed by atoms with E-state index in [1.807, 2.05) is 37.8 Å². The van der Waals surface area contributed by atoms with Crippen molar-refractivity contribution < 1.29 is 9.53 Å². The zero-order valence-electron chi connectivity index (χ0n) is 12.8. The molecule has 2 rings (SSSR count). The second-order valence-electron chi connectivity index (χ2n) is 5.77. The van der Waals surface area contributed by atoms with Crippen molar-refractivity contribution in [2.45, 2.75) is 52.6 Å². The van der Waals surface area contributed by atoms with Crippen molar-refractivity contribution >= 4 is 5.91 Å². The topological polar surface area (TPSA) is 29.5 Å². The van der Waals surface area contributed by atoms with Gasteiger partial charge in [0.15, 0.2) is 6.10 Å². The van der Waals surface area contributed by atoms with E-state index in [2.05, 4.69) is 6.07 Å². The Hall–Kier alpha value is -1.51. The van der Waals surface area contributed by atoms with E-state index in [1.165, 1.54) is 12.8 Å². The molecule has 1 heterocycles. The molecule has 3 heteroatoms. The number of hydrogen-bond acceptors (Lipinski definition) is 2. The molecule has 1 fully saturated rings. The average molecular weight is 275 g/mol. The number of carbonyl (C=O) groups is 1. The number of nitrogens with zero attached hydrogens (tertiary/aromatic N) is 1. The van der Waals surface area contributed by atoms with Crippen LogP contribution in [0.4, 0.5) is 0 Å². The summed E-state index contributed by atoms with van der Waals surface area (Å²) in [5, 5.41) is 0. The van der Waals surface area contributed by atoms with Crippen LogP contribution in [0.3, 0.4) is 0 Å². The first-order valence-corrected chi connectivity index (χ1v) is 7.60. The molecule has 0 radical (unpaired) electrons. The van der Waals surface area contributed by atoms with Gasteiger partial charge in [-0.2, -0.15) is 0 Å². The first kappa shape index (κ1) is 14.9. The van der Waals surface area contributed by atoms with Crippen LogP contribution < -0.4 is 4.74 Å².